The Balaban J connectivity index is 1.53. The first-order valence-electron chi connectivity index (χ1n) is 6.57. The molecule has 0 aromatic carbocycles. The van der Waals surface area contributed by atoms with Crippen LogP contribution in [0.2, 0.25) is 0 Å². The normalized spacial score (nSPS) is 23.9. The number of rotatable bonds is 5. The van der Waals surface area contributed by atoms with Gasteiger partial charge in [0.15, 0.2) is 0 Å². The maximum absolute atomic E-state index is 11.2. The third-order valence-corrected chi connectivity index (χ3v) is 3.23. The van der Waals surface area contributed by atoms with Crippen LogP contribution in [0.15, 0.2) is 24.3 Å². The third-order valence-electron chi connectivity index (χ3n) is 3.23. The van der Waals surface area contributed by atoms with Crippen molar-refractivity contribution in [2.75, 3.05) is 13.2 Å². The molecule has 2 rings (SSSR count). The van der Waals surface area contributed by atoms with Crippen molar-refractivity contribution in [1.29, 1.82) is 0 Å². The van der Waals surface area contributed by atoms with E-state index in [1.165, 1.54) is 25.7 Å². The van der Waals surface area contributed by atoms with Crippen LogP contribution in [0.3, 0.4) is 0 Å². The van der Waals surface area contributed by atoms with Gasteiger partial charge in [-0.15, -0.1) is 0 Å². The summed E-state index contributed by atoms with van der Waals surface area (Å²) in [6.07, 6.45) is 14.4. The summed E-state index contributed by atoms with van der Waals surface area (Å²) in [5.74, 6) is 1.27. The second kappa shape index (κ2) is 6.48. The van der Waals surface area contributed by atoms with E-state index in [4.69, 9.17) is 4.74 Å². The lowest BCUT2D eigenvalue weighted by Gasteiger charge is -2.12. The SMILES string of the molecule is O=C(NC/C=C/C1CC=CCC1)OCC1CC1. The van der Waals surface area contributed by atoms with Crippen molar-refractivity contribution in [2.24, 2.45) is 11.8 Å². The number of carbonyl (C=O) groups is 1. The van der Waals surface area contributed by atoms with Crippen LogP contribution in [0.25, 0.3) is 0 Å². The van der Waals surface area contributed by atoms with Crippen molar-refractivity contribution < 1.29 is 9.53 Å². The van der Waals surface area contributed by atoms with E-state index in [-0.39, 0.29) is 6.09 Å². The molecule has 1 atom stereocenters. The van der Waals surface area contributed by atoms with E-state index >= 15 is 0 Å². The second-order valence-electron chi connectivity index (χ2n) is 4.90. The fourth-order valence-corrected chi connectivity index (χ4v) is 1.92. The maximum Gasteiger partial charge on any atom is 0.407 e. The molecule has 0 heterocycles. The number of hydrogen-bond donors (Lipinski definition) is 1. The topological polar surface area (TPSA) is 38.3 Å². The summed E-state index contributed by atoms with van der Waals surface area (Å²) in [6, 6.07) is 0. The van der Waals surface area contributed by atoms with Gasteiger partial charge >= 0.3 is 6.09 Å². The van der Waals surface area contributed by atoms with Gasteiger partial charge in [-0.05, 0) is 43.9 Å². The molecule has 3 nitrogen and oxygen atoms in total. The Bertz CT molecular complexity index is 305. The molecule has 1 saturated carbocycles. The van der Waals surface area contributed by atoms with E-state index in [9.17, 15) is 4.79 Å². The molecule has 0 radical (unpaired) electrons. The average Bonchev–Trinajstić information content (AvgIpc) is 3.17. The lowest BCUT2D eigenvalue weighted by molar-refractivity contribution is 0.142. The van der Waals surface area contributed by atoms with Crippen molar-refractivity contribution in [3.63, 3.8) is 0 Å². The molecule has 1 amide bonds. The Labute approximate surface area is 103 Å². The van der Waals surface area contributed by atoms with Gasteiger partial charge in [0.05, 0.1) is 6.61 Å². The van der Waals surface area contributed by atoms with Crippen LogP contribution in [0.4, 0.5) is 4.79 Å². The minimum atomic E-state index is -0.287. The summed E-state index contributed by atoms with van der Waals surface area (Å²) in [5, 5.41) is 2.74. The van der Waals surface area contributed by atoms with Gasteiger partial charge in [-0.1, -0.05) is 24.3 Å². The molecule has 1 N–H and O–H groups in total. The third kappa shape index (κ3) is 5.07. The average molecular weight is 235 g/mol. The molecule has 2 aliphatic rings. The van der Waals surface area contributed by atoms with E-state index in [2.05, 4.69) is 23.5 Å². The summed E-state index contributed by atoms with van der Waals surface area (Å²) in [4.78, 5) is 11.2. The van der Waals surface area contributed by atoms with E-state index < -0.39 is 0 Å². The number of carbonyl (C=O) groups excluding carboxylic acids is 1. The van der Waals surface area contributed by atoms with Crippen molar-refractivity contribution in [3.8, 4) is 0 Å². The maximum atomic E-state index is 11.2. The lowest BCUT2D eigenvalue weighted by Crippen LogP contribution is -2.25. The largest absolute Gasteiger partial charge is 0.449 e. The number of ether oxygens (including phenoxy) is 1. The molecule has 0 aromatic heterocycles. The van der Waals surface area contributed by atoms with Gasteiger partial charge < -0.3 is 10.1 Å². The van der Waals surface area contributed by atoms with Crippen molar-refractivity contribution >= 4 is 6.09 Å². The molecule has 0 aliphatic heterocycles. The molecular formula is C14H21NO2. The van der Waals surface area contributed by atoms with Gasteiger partial charge in [0, 0.05) is 6.54 Å². The number of nitrogens with one attached hydrogen (secondary N) is 1. The highest BCUT2D eigenvalue weighted by Crippen LogP contribution is 2.28. The van der Waals surface area contributed by atoms with Crippen LogP contribution in [-0.2, 0) is 4.74 Å². The zero-order valence-corrected chi connectivity index (χ0v) is 10.2. The zero-order valence-electron chi connectivity index (χ0n) is 10.2. The highest BCUT2D eigenvalue weighted by atomic mass is 16.5. The molecule has 0 spiro atoms. The van der Waals surface area contributed by atoms with Crippen molar-refractivity contribution in [3.05, 3.63) is 24.3 Å². The van der Waals surface area contributed by atoms with Crippen LogP contribution >= 0.6 is 0 Å². The smallest absolute Gasteiger partial charge is 0.407 e. The molecule has 2 aliphatic carbocycles. The summed E-state index contributed by atoms with van der Waals surface area (Å²) in [7, 11) is 0. The summed E-state index contributed by atoms with van der Waals surface area (Å²) in [5.41, 5.74) is 0. The van der Waals surface area contributed by atoms with Gasteiger partial charge in [0.1, 0.15) is 0 Å². The minimum absolute atomic E-state index is 0.287. The first-order valence-corrected chi connectivity index (χ1v) is 6.57. The molecule has 0 saturated heterocycles. The highest BCUT2D eigenvalue weighted by Gasteiger charge is 2.22. The van der Waals surface area contributed by atoms with E-state index in [1.807, 2.05) is 6.08 Å². The van der Waals surface area contributed by atoms with Gasteiger partial charge in [-0.25, -0.2) is 4.79 Å². The van der Waals surface area contributed by atoms with Crippen LogP contribution in [0.5, 0.6) is 0 Å². The van der Waals surface area contributed by atoms with Crippen LogP contribution in [0, 0.1) is 11.8 Å². The molecule has 1 fully saturated rings. The first-order chi connectivity index (χ1) is 8.34. The Hall–Kier alpha value is -1.25. The molecule has 3 heteroatoms. The van der Waals surface area contributed by atoms with E-state index in [1.54, 1.807) is 0 Å². The lowest BCUT2D eigenvalue weighted by atomic mass is 9.94. The summed E-state index contributed by atoms with van der Waals surface area (Å²) >= 11 is 0. The van der Waals surface area contributed by atoms with E-state index in [0.717, 1.165) is 6.42 Å². The number of amides is 1. The molecule has 0 bridgehead atoms. The highest BCUT2D eigenvalue weighted by molar-refractivity contribution is 5.67. The Kier molecular flexibility index (Phi) is 4.65. The first kappa shape index (κ1) is 12.2. The van der Waals surface area contributed by atoms with Crippen LogP contribution in [0.1, 0.15) is 32.1 Å². The zero-order chi connectivity index (χ0) is 11.9. The Morgan fingerprint density at radius 3 is 2.94 bits per heavy atom. The number of hydrogen-bond acceptors (Lipinski definition) is 2. The van der Waals surface area contributed by atoms with Crippen LogP contribution in [-0.4, -0.2) is 19.2 Å². The number of allylic oxidation sites excluding steroid dienone is 3. The van der Waals surface area contributed by atoms with Crippen molar-refractivity contribution in [2.45, 2.75) is 32.1 Å². The van der Waals surface area contributed by atoms with Gasteiger partial charge in [-0.2, -0.15) is 0 Å². The minimum Gasteiger partial charge on any atom is -0.449 e. The number of alkyl carbamates (subject to hydrolysis) is 1. The van der Waals surface area contributed by atoms with Crippen molar-refractivity contribution in [1.82, 2.24) is 5.32 Å². The quantitative estimate of drug-likeness (QED) is 0.744. The molecular weight excluding hydrogens is 214 g/mol. The van der Waals surface area contributed by atoms with Gasteiger partial charge in [-0.3, -0.25) is 0 Å². The summed E-state index contributed by atoms with van der Waals surface area (Å²) in [6.45, 7) is 1.16. The van der Waals surface area contributed by atoms with Crippen LogP contribution < -0.4 is 5.32 Å². The van der Waals surface area contributed by atoms with Gasteiger partial charge in [0.25, 0.3) is 0 Å². The fraction of sp³-hybridized carbons (Fsp3) is 0.643. The van der Waals surface area contributed by atoms with Gasteiger partial charge in [0.2, 0.25) is 0 Å². The Morgan fingerprint density at radius 2 is 2.24 bits per heavy atom. The standard InChI is InChI=1S/C14H21NO2/c16-14(17-11-13-8-9-13)15-10-4-7-12-5-2-1-3-6-12/h1-2,4,7,12-13H,3,5-6,8-11H2,(H,15,16)/b7-4+. The predicted molar refractivity (Wildman–Crippen MR) is 67.7 cm³/mol. The Morgan fingerprint density at radius 1 is 1.35 bits per heavy atom. The molecule has 94 valence electrons. The predicted octanol–water partition coefficient (Wildman–Crippen LogP) is 3.04. The molecule has 1 unspecified atom stereocenters. The summed E-state index contributed by atoms with van der Waals surface area (Å²) < 4.78 is 5.06. The molecule has 17 heavy (non-hydrogen) atoms. The second-order valence-corrected chi connectivity index (χ2v) is 4.90. The van der Waals surface area contributed by atoms with E-state index in [0.29, 0.717) is 25.0 Å². The fourth-order valence-electron chi connectivity index (χ4n) is 1.92. The monoisotopic (exact) mass is 235 g/mol. The molecule has 0 aromatic rings.